The van der Waals surface area contributed by atoms with E-state index in [0.29, 0.717) is 44.6 Å². The molecule has 1 atom stereocenters. The maximum Gasteiger partial charge on any atom is 0.573 e. The number of nitrogens with one attached hydrogen (secondary N) is 1. The molecule has 1 unspecified atom stereocenters. The summed E-state index contributed by atoms with van der Waals surface area (Å²) in [6.45, 7) is 4.10. The van der Waals surface area contributed by atoms with Crippen LogP contribution in [0.2, 0.25) is 0 Å². The molecule has 1 aromatic carbocycles. The predicted octanol–water partition coefficient (Wildman–Crippen LogP) is 3.19. The summed E-state index contributed by atoms with van der Waals surface area (Å²) in [6.07, 6.45) is -1.54. The first kappa shape index (κ1) is 22.7. The van der Waals surface area contributed by atoms with Gasteiger partial charge in [-0.3, -0.25) is 4.79 Å². The summed E-state index contributed by atoms with van der Waals surface area (Å²) >= 11 is 0. The van der Waals surface area contributed by atoms with Crippen LogP contribution in [-0.4, -0.2) is 60.7 Å². The van der Waals surface area contributed by atoms with Crippen molar-refractivity contribution in [2.24, 2.45) is 0 Å². The van der Waals surface area contributed by atoms with Crippen molar-refractivity contribution in [3.8, 4) is 11.5 Å². The summed E-state index contributed by atoms with van der Waals surface area (Å²) in [5, 5.41) is 14.6. The molecule has 1 saturated heterocycles. The van der Waals surface area contributed by atoms with Gasteiger partial charge in [-0.15, -0.1) is 13.2 Å². The second-order valence-corrected chi connectivity index (χ2v) is 7.86. The second-order valence-electron chi connectivity index (χ2n) is 7.86. The molecule has 2 aliphatic rings. The summed E-state index contributed by atoms with van der Waals surface area (Å²) in [6, 6.07) is 4.13. The van der Waals surface area contributed by atoms with Crippen molar-refractivity contribution < 1.29 is 32.5 Å². The third-order valence-electron chi connectivity index (χ3n) is 5.76. The highest BCUT2D eigenvalue weighted by Gasteiger charge is 2.45. The molecule has 1 aliphatic heterocycles. The molecule has 1 aromatic rings. The molecule has 6 nitrogen and oxygen atoms in total. The molecule has 30 heavy (non-hydrogen) atoms. The minimum Gasteiger partial charge on any atom is -0.490 e. The van der Waals surface area contributed by atoms with E-state index in [-0.39, 0.29) is 18.3 Å². The van der Waals surface area contributed by atoms with Crippen molar-refractivity contribution in [2.75, 3.05) is 32.8 Å². The summed E-state index contributed by atoms with van der Waals surface area (Å²) < 4.78 is 48.3. The Kier molecular flexibility index (Phi) is 7.13. The van der Waals surface area contributed by atoms with Crippen molar-refractivity contribution >= 4 is 5.91 Å². The Morgan fingerprint density at radius 3 is 2.47 bits per heavy atom. The fraction of sp³-hybridized carbons (Fsp3) is 0.667. The number of piperazine rings is 1. The molecule has 0 radical (unpaired) electrons. The highest BCUT2D eigenvalue weighted by molar-refractivity contribution is 5.85. The summed E-state index contributed by atoms with van der Waals surface area (Å²) in [5.41, 5.74) is -0.992. The van der Waals surface area contributed by atoms with Gasteiger partial charge in [-0.05, 0) is 37.5 Å². The summed E-state index contributed by atoms with van der Waals surface area (Å²) in [4.78, 5) is 15.1. The lowest BCUT2D eigenvalue weighted by atomic mass is 9.72. The number of amides is 1. The lowest BCUT2D eigenvalue weighted by Crippen LogP contribution is -2.53. The van der Waals surface area contributed by atoms with E-state index in [4.69, 9.17) is 4.74 Å². The van der Waals surface area contributed by atoms with E-state index in [1.54, 1.807) is 17.9 Å². The molecule has 168 valence electrons. The van der Waals surface area contributed by atoms with Gasteiger partial charge in [0.15, 0.2) is 11.5 Å². The Balaban J connectivity index is 2.01. The highest BCUT2D eigenvalue weighted by atomic mass is 19.4. The largest absolute Gasteiger partial charge is 0.573 e. The van der Waals surface area contributed by atoms with Crippen molar-refractivity contribution in [1.82, 2.24) is 10.2 Å². The number of hydrogen-bond donors (Lipinski definition) is 2. The van der Waals surface area contributed by atoms with Gasteiger partial charge in [-0.25, -0.2) is 0 Å². The Bertz CT molecular complexity index is 729. The van der Waals surface area contributed by atoms with Gasteiger partial charge in [0.2, 0.25) is 5.91 Å². The van der Waals surface area contributed by atoms with E-state index in [9.17, 15) is 23.1 Å². The molecule has 0 spiro atoms. The Labute approximate surface area is 174 Å². The average molecular weight is 430 g/mol. The SMILES string of the molecule is CCOc1ccc(C(C(=O)N2CCNCC2)C2(O)CCCCC2)cc1OC(F)(F)F. The van der Waals surface area contributed by atoms with Crippen molar-refractivity contribution in [3.63, 3.8) is 0 Å². The molecule has 1 heterocycles. The third kappa shape index (κ3) is 5.37. The second kappa shape index (κ2) is 9.43. The smallest absolute Gasteiger partial charge is 0.490 e. The first-order valence-corrected chi connectivity index (χ1v) is 10.5. The minimum absolute atomic E-state index is 0.0532. The minimum atomic E-state index is -4.90. The molecular formula is C21H29F3N2O4. The predicted molar refractivity (Wildman–Crippen MR) is 105 cm³/mol. The summed E-state index contributed by atoms with van der Waals surface area (Å²) in [7, 11) is 0. The number of ether oxygens (including phenoxy) is 2. The molecule has 0 bridgehead atoms. The zero-order chi connectivity index (χ0) is 21.8. The van der Waals surface area contributed by atoms with E-state index in [1.165, 1.54) is 12.1 Å². The topological polar surface area (TPSA) is 71.0 Å². The normalized spacial score (nSPS) is 20.5. The van der Waals surface area contributed by atoms with Crippen LogP contribution in [0.15, 0.2) is 18.2 Å². The van der Waals surface area contributed by atoms with Crippen LogP contribution in [-0.2, 0) is 4.79 Å². The van der Waals surface area contributed by atoms with Crippen LogP contribution in [0.5, 0.6) is 11.5 Å². The maximum atomic E-state index is 13.5. The van der Waals surface area contributed by atoms with E-state index in [2.05, 4.69) is 10.1 Å². The van der Waals surface area contributed by atoms with E-state index >= 15 is 0 Å². The number of benzene rings is 1. The zero-order valence-electron chi connectivity index (χ0n) is 17.1. The zero-order valence-corrected chi connectivity index (χ0v) is 17.1. The molecule has 9 heteroatoms. The average Bonchev–Trinajstić information content (AvgIpc) is 2.70. The first-order valence-electron chi connectivity index (χ1n) is 10.5. The van der Waals surface area contributed by atoms with Crippen LogP contribution in [0.25, 0.3) is 0 Å². The van der Waals surface area contributed by atoms with E-state index in [1.807, 2.05) is 0 Å². The van der Waals surface area contributed by atoms with Gasteiger partial charge in [0.1, 0.15) is 0 Å². The van der Waals surface area contributed by atoms with Crippen LogP contribution < -0.4 is 14.8 Å². The van der Waals surface area contributed by atoms with Gasteiger partial charge in [-0.2, -0.15) is 0 Å². The number of rotatable bonds is 6. The summed E-state index contributed by atoms with van der Waals surface area (Å²) in [5.74, 6) is -1.77. The molecule has 3 rings (SSSR count). The van der Waals surface area contributed by atoms with Gasteiger partial charge in [-0.1, -0.05) is 25.3 Å². The molecule has 1 amide bonds. The van der Waals surface area contributed by atoms with E-state index < -0.39 is 23.6 Å². The number of aliphatic hydroxyl groups is 1. The lowest BCUT2D eigenvalue weighted by Gasteiger charge is -2.41. The number of hydrogen-bond acceptors (Lipinski definition) is 5. The van der Waals surface area contributed by atoms with Crippen LogP contribution in [0, 0.1) is 0 Å². The van der Waals surface area contributed by atoms with Crippen molar-refractivity contribution in [2.45, 2.75) is 56.9 Å². The van der Waals surface area contributed by atoms with Crippen molar-refractivity contribution in [3.05, 3.63) is 23.8 Å². The van der Waals surface area contributed by atoms with Gasteiger partial charge >= 0.3 is 6.36 Å². The highest BCUT2D eigenvalue weighted by Crippen LogP contribution is 2.44. The molecule has 1 saturated carbocycles. The van der Waals surface area contributed by atoms with Gasteiger partial charge in [0.25, 0.3) is 0 Å². The van der Waals surface area contributed by atoms with Gasteiger partial charge in [0, 0.05) is 26.2 Å². The number of halogens is 3. The third-order valence-corrected chi connectivity index (χ3v) is 5.76. The van der Waals surface area contributed by atoms with E-state index in [0.717, 1.165) is 19.3 Å². The fourth-order valence-corrected chi connectivity index (χ4v) is 4.39. The Hall–Kier alpha value is -2.00. The standard InChI is InChI=1S/C21H29F3N2O4/c1-2-29-16-7-6-15(14-17(16)30-21(22,23)24)18(20(28)8-4-3-5-9-20)19(27)26-12-10-25-11-13-26/h6-7,14,18,25,28H,2-5,8-13H2,1H3. The number of carbonyl (C=O) groups is 1. The Morgan fingerprint density at radius 1 is 1.20 bits per heavy atom. The Morgan fingerprint density at radius 2 is 1.87 bits per heavy atom. The van der Waals surface area contributed by atoms with Crippen LogP contribution in [0.4, 0.5) is 13.2 Å². The monoisotopic (exact) mass is 430 g/mol. The van der Waals surface area contributed by atoms with Crippen molar-refractivity contribution in [1.29, 1.82) is 0 Å². The van der Waals surface area contributed by atoms with Crippen LogP contribution in [0.3, 0.4) is 0 Å². The molecule has 1 aliphatic carbocycles. The number of carbonyl (C=O) groups excluding carboxylic acids is 1. The van der Waals surface area contributed by atoms with Gasteiger partial charge in [0.05, 0.1) is 18.1 Å². The molecular weight excluding hydrogens is 401 g/mol. The molecule has 2 fully saturated rings. The molecule has 0 aromatic heterocycles. The van der Waals surface area contributed by atoms with Crippen LogP contribution >= 0.6 is 0 Å². The maximum absolute atomic E-state index is 13.5. The number of alkyl halides is 3. The van der Waals surface area contributed by atoms with Crippen LogP contribution in [0.1, 0.15) is 50.5 Å². The fourth-order valence-electron chi connectivity index (χ4n) is 4.39. The van der Waals surface area contributed by atoms with Gasteiger partial charge < -0.3 is 24.8 Å². The number of nitrogens with zero attached hydrogens (tertiary/aromatic N) is 1. The quantitative estimate of drug-likeness (QED) is 0.725. The lowest BCUT2D eigenvalue weighted by molar-refractivity contribution is -0.275. The molecule has 2 N–H and O–H groups in total. The first-order chi connectivity index (χ1) is 14.2.